The molecule has 10 heteroatoms. The van der Waals surface area contributed by atoms with Crippen molar-refractivity contribution < 1.29 is 17.2 Å². The second-order valence-corrected chi connectivity index (χ2v) is 9.85. The number of sulfonamides is 1. The molecule has 2 aromatic carbocycles. The normalized spacial score (nSPS) is 15.7. The highest BCUT2D eigenvalue weighted by Crippen LogP contribution is 2.37. The van der Waals surface area contributed by atoms with Gasteiger partial charge in [0.1, 0.15) is 16.8 Å². The van der Waals surface area contributed by atoms with Crippen LogP contribution in [0, 0.1) is 5.82 Å². The van der Waals surface area contributed by atoms with Crippen LogP contribution in [-0.2, 0) is 22.9 Å². The molecule has 4 rings (SSSR count). The van der Waals surface area contributed by atoms with Crippen LogP contribution in [0.5, 0.6) is 0 Å². The van der Waals surface area contributed by atoms with Crippen LogP contribution in [-0.4, -0.2) is 18.6 Å². The summed E-state index contributed by atoms with van der Waals surface area (Å²) in [5.74, 6) is -2.22. The molecule has 2 unspecified atom stereocenters. The molecular weight excluding hydrogens is 477 g/mol. The molecule has 158 valence electrons. The van der Waals surface area contributed by atoms with Crippen molar-refractivity contribution in [2.24, 2.45) is 0 Å². The van der Waals surface area contributed by atoms with Crippen LogP contribution in [0.3, 0.4) is 0 Å². The van der Waals surface area contributed by atoms with Crippen molar-refractivity contribution in [2.45, 2.75) is 43.0 Å². The summed E-state index contributed by atoms with van der Waals surface area (Å²) in [6, 6.07) is 8.59. The Morgan fingerprint density at radius 3 is 2.77 bits per heavy atom. The summed E-state index contributed by atoms with van der Waals surface area (Å²) in [4.78, 5) is 11.0. The first-order chi connectivity index (χ1) is 14.3. The van der Waals surface area contributed by atoms with Gasteiger partial charge in [-0.15, -0.1) is 5.10 Å². The van der Waals surface area contributed by atoms with E-state index in [9.17, 15) is 17.6 Å². The van der Waals surface area contributed by atoms with Gasteiger partial charge in [-0.1, -0.05) is 41.1 Å². The van der Waals surface area contributed by atoms with Crippen LogP contribution in [0.15, 0.2) is 55.0 Å². The Hall–Kier alpha value is -2.30. The van der Waals surface area contributed by atoms with Gasteiger partial charge >= 0.3 is 5.76 Å². The molecule has 2 N–H and O–H groups in total. The third-order valence-electron chi connectivity index (χ3n) is 5.36. The largest absolute Gasteiger partial charge is 0.434 e. The highest BCUT2D eigenvalue weighted by Gasteiger charge is 2.34. The molecule has 1 heterocycles. The number of aromatic amines is 1. The predicted octanol–water partition coefficient (Wildman–Crippen LogP) is 3.58. The zero-order valence-electron chi connectivity index (χ0n) is 16.0. The third-order valence-corrected chi connectivity index (χ3v) is 7.33. The Balaban J connectivity index is 1.76. The van der Waals surface area contributed by atoms with Gasteiger partial charge in [-0.05, 0) is 54.2 Å². The first-order valence-corrected chi connectivity index (χ1v) is 11.7. The van der Waals surface area contributed by atoms with E-state index < -0.39 is 38.5 Å². The first-order valence-electron chi connectivity index (χ1n) is 9.39. The zero-order valence-corrected chi connectivity index (χ0v) is 18.4. The monoisotopic (exact) mass is 495 g/mol. The number of hydrogen-bond donors (Lipinski definition) is 2. The fourth-order valence-corrected chi connectivity index (χ4v) is 5.58. The smallest absolute Gasteiger partial charge is 0.391 e. The summed E-state index contributed by atoms with van der Waals surface area (Å²) in [7, 11) is -4.27. The van der Waals surface area contributed by atoms with Gasteiger partial charge in [0, 0.05) is 10.4 Å². The molecule has 0 saturated heterocycles. The maximum Gasteiger partial charge on any atom is 0.434 e. The van der Waals surface area contributed by atoms with E-state index in [1.807, 2.05) is 19.1 Å². The molecule has 0 aliphatic heterocycles. The molecule has 3 aromatic rings. The average molecular weight is 496 g/mol. The molecule has 0 spiro atoms. The minimum absolute atomic E-state index is 0.107. The molecule has 7 nitrogen and oxygen atoms in total. The van der Waals surface area contributed by atoms with Gasteiger partial charge in [0.05, 0.1) is 0 Å². The van der Waals surface area contributed by atoms with Crippen LogP contribution in [0.25, 0.3) is 0 Å². The fraction of sp³-hybridized carbons (Fsp3) is 0.300. The molecule has 1 aliphatic rings. The van der Waals surface area contributed by atoms with Gasteiger partial charge in [0.2, 0.25) is 15.9 Å². The third kappa shape index (κ3) is 3.99. The predicted molar refractivity (Wildman–Crippen MR) is 111 cm³/mol. The summed E-state index contributed by atoms with van der Waals surface area (Å²) in [6.45, 7) is 1.83. The fourth-order valence-electron chi connectivity index (χ4n) is 3.92. The Kier molecular flexibility index (Phi) is 5.65. The standard InChI is InChI=1S/C20H19BrFN3O4S/c1-11(14-6-2-4-12-5-3-7-15(12)14)18(19-23-24-20(26)29-19)25-30(27,28)17-9-8-13(21)10-16(17)22/h2,4,6,8-11,18,25H,3,5,7H2,1H3,(H,24,26). The van der Waals surface area contributed by atoms with Crippen molar-refractivity contribution in [3.05, 3.63) is 79.8 Å². The van der Waals surface area contributed by atoms with Crippen molar-refractivity contribution in [1.82, 2.24) is 14.9 Å². The molecule has 30 heavy (non-hydrogen) atoms. The van der Waals surface area contributed by atoms with E-state index in [4.69, 9.17) is 4.42 Å². The van der Waals surface area contributed by atoms with Crippen molar-refractivity contribution in [3.63, 3.8) is 0 Å². The minimum Gasteiger partial charge on any atom is -0.391 e. The highest BCUT2D eigenvalue weighted by molar-refractivity contribution is 9.10. The Morgan fingerprint density at radius 2 is 2.07 bits per heavy atom. The first kappa shape index (κ1) is 21.0. The maximum absolute atomic E-state index is 14.4. The Bertz CT molecular complexity index is 1250. The molecule has 1 aromatic heterocycles. The van der Waals surface area contributed by atoms with E-state index in [1.165, 1.54) is 23.3 Å². The number of aromatic nitrogens is 2. The molecular formula is C20H19BrFN3O4S. The number of fused-ring (bicyclic) bond motifs is 1. The van der Waals surface area contributed by atoms with Gasteiger partial charge in [-0.3, -0.25) is 0 Å². The van der Waals surface area contributed by atoms with E-state index in [-0.39, 0.29) is 5.89 Å². The van der Waals surface area contributed by atoms with Crippen LogP contribution in [0.4, 0.5) is 4.39 Å². The lowest BCUT2D eigenvalue weighted by atomic mass is 9.88. The lowest BCUT2D eigenvalue weighted by Gasteiger charge is -2.24. The Morgan fingerprint density at radius 1 is 1.27 bits per heavy atom. The van der Waals surface area contributed by atoms with Gasteiger partial charge in [0.15, 0.2) is 0 Å². The average Bonchev–Trinajstić information content (AvgIpc) is 3.34. The van der Waals surface area contributed by atoms with Crippen molar-refractivity contribution in [2.75, 3.05) is 0 Å². The second kappa shape index (κ2) is 8.09. The Labute approximate surface area is 180 Å². The second-order valence-electron chi connectivity index (χ2n) is 7.25. The van der Waals surface area contributed by atoms with Gasteiger partial charge in [-0.25, -0.2) is 22.7 Å². The number of halogens is 2. The van der Waals surface area contributed by atoms with E-state index in [0.29, 0.717) is 4.47 Å². The molecule has 0 saturated carbocycles. The van der Waals surface area contributed by atoms with Gasteiger partial charge in [-0.2, -0.15) is 4.72 Å². The van der Waals surface area contributed by atoms with Crippen LogP contribution >= 0.6 is 15.9 Å². The van der Waals surface area contributed by atoms with E-state index in [0.717, 1.165) is 30.9 Å². The van der Waals surface area contributed by atoms with E-state index in [2.05, 4.69) is 36.9 Å². The van der Waals surface area contributed by atoms with Gasteiger partial charge in [0.25, 0.3) is 0 Å². The molecule has 1 aliphatic carbocycles. The van der Waals surface area contributed by atoms with E-state index in [1.54, 1.807) is 0 Å². The quantitative estimate of drug-likeness (QED) is 0.543. The van der Waals surface area contributed by atoms with Crippen LogP contribution < -0.4 is 10.5 Å². The minimum atomic E-state index is -4.27. The lowest BCUT2D eigenvalue weighted by molar-refractivity contribution is 0.380. The number of rotatable bonds is 6. The number of H-pyrrole nitrogens is 1. The molecule has 0 amide bonds. The summed E-state index contributed by atoms with van der Waals surface area (Å²) >= 11 is 3.12. The van der Waals surface area contributed by atoms with Gasteiger partial charge < -0.3 is 4.42 Å². The van der Waals surface area contributed by atoms with Crippen molar-refractivity contribution >= 4 is 26.0 Å². The highest BCUT2D eigenvalue weighted by atomic mass is 79.9. The SMILES string of the molecule is CC(c1cccc2c1CCC2)C(NS(=O)(=O)c1ccc(Br)cc1F)c1n[nH]c(=O)o1. The molecule has 0 fully saturated rings. The van der Waals surface area contributed by atoms with Crippen LogP contribution in [0.1, 0.15) is 47.9 Å². The zero-order chi connectivity index (χ0) is 21.5. The lowest BCUT2D eigenvalue weighted by Crippen LogP contribution is -2.33. The van der Waals surface area contributed by atoms with Crippen molar-refractivity contribution in [1.29, 1.82) is 0 Å². The maximum atomic E-state index is 14.4. The number of hydrogen-bond acceptors (Lipinski definition) is 5. The summed E-state index contributed by atoms with van der Waals surface area (Å²) < 4.78 is 48.4. The number of nitrogens with zero attached hydrogens (tertiary/aromatic N) is 1. The topological polar surface area (TPSA) is 105 Å². The molecule has 0 bridgehead atoms. The molecule has 0 radical (unpaired) electrons. The van der Waals surface area contributed by atoms with Crippen LogP contribution in [0.2, 0.25) is 0 Å². The molecule has 2 atom stereocenters. The summed E-state index contributed by atoms with van der Waals surface area (Å²) in [6.07, 6.45) is 2.88. The van der Waals surface area contributed by atoms with Crippen molar-refractivity contribution in [3.8, 4) is 0 Å². The number of aryl methyl sites for hydroxylation is 1. The number of benzene rings is 2. The summed E-state index contributed by atoms with van der Waals surface area (Å²) in [5.41, 5.74) is 3.34. The van der Waals surface area contributed by atoms with E-state index >= 15 is 0 Å². The summed E-state index contributed by atoms with van der Waals surface area (Å²) in [5, 5.41) is 6.00. The number of nitrogens with one attached hydrogen (secondary N) is 2.